The Morgan fingerprint density at radius 2 is 2.06 bits per heavy atom. The Morgan fingerprint density at radius 1 is 1.39 bits per heavy atom. The molecule has 0 spiro atoms. The number of carbonyl (C=O) groups excluding carboxylic acids is 1. The van der Waals surface area contributed by atoms with Crippen LogP contribution in [0.2, 0.25) is 0 Å². The number of nitrogens with zero attached hydrogens (tertiary/aromatic N) is 1. The van der Waals surface area contributed by atoms with Gasteiger partial charge in [-0.1, -0.05) is 12.1 Å². The van der Waals surface area contributed by atoms with Crippen molar-refractivity contribution in [3.63, 3.8) is 0 Å². The Bertz CT molecular complexity index is 575. The van der Waals surface area contributed by atoms with Crippen LogP contribution in [-0.4, -0.2) is 26.6 Å². The molecule has 0 aliphatic carbocycles. The number of hydrogen-bond acceptors (Lipinski definition) is 3. The minimum Gasteiger partial charge on any atom is -0.311 e. The van der Waals surface area contributed by atoms with Gasteiger partial charge < -0.3 is 4.90 Å². The molecule has 1 aromatic rings. The molecule has 0 N–H and O–H groups in total. The Kier molecular flexibility index (Phi) is 4.18. The summed E-state index contributed by atoms with van der Waals surface area (Å²) in [6, 6.07) is 7.52. The lowest BCUT2D eigenvalue weighted by Gasteiger charge is -2.18. The summed E-state index contributed by atoms with van der Waals surface area (Å²) in [4.78, 5) is 13.5. The lowest BCUT2D eigenvalue weighted by atomic mass is 10.1. The monoisotopic (exact) mass is 399 g/mol. The van der Waals surface area contributed by atoms with E-state index in [9.17, 15) is 13.2 Å². The molecule has 1 aliphatic heterocycles. The van der Waals surface area contributed by atoms with Crippen LogP contribution in [-0.2, 0) is 13.8 Å². The van der Waals surface area contributed by atoms with Crippen molar-refractivity contribution >= 4 is 53.9 Å². The Morgan fingerprint density at radius 3 is 2.67 bits per heavy atom. The van der Waals surface area contributed by atoms with E-state index in [-0.39, 0.29) is 24.0 Å². The van der Waals surface area contributed by atoms with Crippen LogP contribution in [0.1, 0.15) is 6.42 Å². The van der Waals surface area contributed by atoms with Gasteiger partial charge in [0.05, 0.1) is 11.4 Å². The summed E-state index contributed by atoms with van der Waals surface area (Å²) in [5.41, 5.74) is 0.831. The van der Waals surface area contributed by atoms with Crippen molar-refractivity contribution in [3.05, 3.63) is 27.8 Å². The van der Waals surface area contributed by atoms with Crippen molar-refractivity contribution in [1.82, 2.24) is 0 Å². The third-order valence-electron chi connectivity index (χ3n) is 2.78. The van der Waals surface area contributed by atoms with Crippen LogP contribution in [0.25, 0.3) is 0 Å². The number of anilines is 1. The Balaban J connectivity index is 2.18. The van der Waals surface area contributed by atoms with E-state index in [0.29, 0.717) is 6.54 Å². The molecule has 1 fully saturated rings. The van der Waals surface area contributed by atoms with Gasteiger partial charge in [0.15, 0.2) is 0 Å². The maximum absolute atomic E-state index is 11.9. The number of amides is 1. The summed E-state index contributed by atoms with van der Waals surface area (Å²) in [6.07, 6.45) is 0.233. The molecule has 0 radical (unpaired) electrons. The van der Waals surface area contributed by atoms with Crippen LogP contribution >= 0.6 is 33.3 Å². The molecular formula is C11H11ClINO3S. The van der Waals surface area contributed by atoms with Crippen molar-refractivity contribution in [2.75, 3.05) is 17.2 Å². The second-order valence-corrected chi connectivity index (χ2v) is 8.22. The predicted octanol–water partition coefficient (Wildman–Crippen LogP) is 2.21. The molecule has 4 nitrogen and oxygen atoms in total. The molecule has 0 saturated carbocycles. The molecule has 1 heterocycles. The minimum atomic E-state index is -3.56. The van der Waals surface area contributed by atoms with Crippen LogP contribution in [0.5, 0.6) is 0 Å². The zero-order chi connectivity index (χ0) is 13.3. The van der Waals surface area contributed by atoms with E-state index in [0.717, 1.165) is 9.26 Å². The third-order valence-corrected chi connectivity index (χ3v) is 4.94. The van der Waals surface area contributed by atoms with Crippen LogP contribution in [0, 0.1) is 9.49 Å². The lowest BCUT2D eigenvalue weighted by molar-refractivity contribution is -0.117. The van der Waals surface area contributed by atoms with Gasteiger partial charge in [0.1, 0.15) is 0 Å². The highest BCUT2D eigenvalue weighted by atomic mass is 127. The zero-order valence-electron chi connectivity index (χ0n) is 9.34. The highest BCUT2D eigenvalue weighted by Crippen LogP contribution is 2.29. The van der Waals surface area contributed by atoms with Crippen LogP contribution in [0.3, 0.4) is 0 Å². The Hall–Kier alpha value is -0.340. The van der Waals surface area contributed by atoms with Gasteiger partial charge >= 0.3 is 0 Å². The van der Waals surface area contributed by atoms with E-state index in [2.05, 4.69) is 22.6 Å². The summed E-state index contributed by atoms with van der Waals surface area (Å²) >= 11 is 2.16. The number of benzene rings is 1. The first kappa shape index (κ1) is 14.1. The van der Waals surface area contributed by atoms with Crippen molar-refractivity contribution in [1.29, 1.82) is 0 Å². The van der Waals surface area contributed by atoms with Gasteiger partial charge in [-0.15, -0.1) is 0 Å². The first-order chi connectivity index (χ1) is 8.37. The largest absolute Gasteiger partial charge is 0.311 e. The quantitative estimate of drug-likeness (QED) is 0.578. The molecule has 1 unspecified atom stereocenters. The predicted molar refractivity (Wildman–Crippen MR) is 79.3 cm³/mol. The van der Waals surface area contributed by atoms with Gasteiger partial charge in [-0.2, -0.15) is 0 Å². The summed E-state index contributed by atoms with van der Waals surface area (Å²) < 4.78 is 23.0. The van der Waals surface area contributed by atoms with E-state index in [1.54, 1.807) is 4.90 Å². The average molecular weight is 400 g/mol. The van der Waals surface area contributed by atoms with Crippen molar-refractivity contribution in [2.24, 2.45) is 5.92 Å². The number of halogens is 2. The van der Waals surface area contributed by atoms with Gasteiger partial charge in [-0.3, -0.25) is 4.79 Å². The SMILES string of the molecule is O=C1CC(CS(=O)(=O)Cl)CN1c1ccccc1I. The molecule has 7 heteroatoms. The van der Waals surface area contributed by atoms with E-state index >= 15 is 0 Å². The normalized spacial score (nSPS) is 20.4. The maximum Gasteiger partial charge on any atom is 0.232 e. The summed E-state index contributed by atoms with van der Waals surface area (Å²) in [5.74, 6) is -0.430. The highest BCUT2D eigenvalue weighted by molar-refractivity contribution is 14.1. The molecule has 1 aromatic carbocycles. The Labute approximate surface area is 124 Å². The van der Waals surface area contributed by atoms with Gasteiger partial charge in [-0.25, -0.2) is 8.42 Å². The van der Waals surface area contributed by atoms with Gasteiger partial charge in [-0.05, 0) is 34.7 Å². The van der Waals surface area contributed by atoms with E-state index in [4.69, 9.17) is 10.7 Å². The number of rotatable bonds is 3. The van der Waals surface area contributed by atoms with E-state index in [1.807, 2.05) is 24.3 Å². The summed E-state index contributed by atoms with van der Waals surface area (Å²) in [6.45, 7) is 0.408. The van der Waals surface area contributed by atoms with Gasteiger partial charge in [0.25, 0.3) is 0 Å². The molecule has 0 aromatic heterocycles. The van der Waals surface area contributed by atoms with Crippen LogP contribution in [0.4, 0.5) is 5.69 Å². The third kappa shape index (κ3) is 3.36. The molecule has 1 atom stereocenters. The number of hydrogen-bond donors (Lipinski definition) is 0. The minimum absolute atomic E-state index is 0.0515. The molecule has 1 aliphatic rings. The second-order valence-electron chi connectivity index (χ2n) is 4.23. The van der Waals surface area contributed by atoms with Crippen LogP contribution in [0.15, 0.2) is 24.3 Å². The van der Waals surface area contributed by atoms with Crippen molar-refractivity contribution in [3.8, 4) is 0 Å². The van der Waals surface area contributed by atoms with Crippen molar-refractivity contribution in [2.45, 2.75) is 6.42 Å². The van der Waals surface area contributed by atoms with Gasteiger partial charge in [0.2, 0.25) is 15.0 Å². The first-order valence-corrected chi connectivity index (χ1v) is 8.90. The maximum atomic E-state index is 11.9. The summed E-state index contributed by atoms with van der Waals surface area (Å²) in [7, 11) is 1.67. The summed E-state index contributed by atoms with van der Waals surface area (Å²) in [5, 5.41) is 0. The zero-order valence-corrected chi connectivity index (χ0v) is 13.1. The van der Waals surface area contributed by atoms with Crippen molar-refractivity contribution < 1.29 is 13.2 Å². The number of para-hydroxylation sites is 1. The van der Waals surface area contributed by atoms with Crippen LogP contribution < -0.4 is 4.90 Å². The molecule has 98 valence electrons. The average Bonchev–Trinajstić information content (AvgIpc) is 2.57. The van der Waals surface area contributed by atoms with Gasteiger partial charge in [0, 0.05) is 33.1 Å². The van der Waals surface area contributed by atoms with E-state index in [1.165, 1.54) is 0 Å². The fourth-order valence-electron chi connectivity index (χ4n) is 2.08. The number of carbonyl (C=O) groups is 1. The highest BCUT2D eigenvalue weighted by Gasteiger charge is 2.33. The molecular weight excluding hydrogens is 389 g/mol. The second kappa shape index (κ2) is 5.34. The fraction of sp³-hybridized carbons (Fsp3) is 0.364. The smallest absolute Gasteiger partial charge is 0.232 e. The topological polar surface area (TPSA) is 54.5 Å². The molecule has 1 amide bonds. The molecule has 18 heavy (non-hydrogen) atoms. The fourth-order valence-corrected chi connectivity index (χ4v) is 4.08. The molecule has 2 rings (SSSR count). The van der Waals surface area contributed by atoms with E-state index < -0.39 is 9.05 Å². The molecule has 1 saturated heterocycles. The first-order valence-electron chi connectivity index (χ1n) is 5.34. The standard InChI is InChI=1S/C11H11ClINO3S/c12-18(16,17)7-8-5-11(15)14(6-8)10-4-2-1-3-9(10)13/h1-4,8H,5-7H2. The lowest BCUT2D eigenvalue weighted by Crippen LogP contribution is -2.26. The molecule has 0 bridgehead atoms.